The number of carbonyl (C=O) groups excluding carboxylic acids is 1. The van der Waals surface area contributed by atoms with Crippen LogP contribution in [0.4, 0.5) is 5.82 Å². The molecule has 0 saturated heterocycles. The molecule has 0 unspecified atom stereocenters. The maximum Gasteiger partial charge on any atom is 0.360 e. The average molecular weight is 292 g/mol. The second-order valence-electron chi connectivity index (χ2n) is 4.57. The van der Waals surface area contributed by atoms with Crippen molar-refractivity contribution in [3.63, 3.8) is 0 Å². The quantitative estimate of drug-likeness (QED) is 0.781. The third kappa shape index (κ3) is 3.21. The lowest BCUT2D eigenvalue weighted by atomic mass is 10.3. The van der Waals surface area contributed by atoms with Crippen molar-refractivity contribution in [1.82, 2.24) is 24.3 Å². The highest BCUT2D eigenvalue weighted by Crippen LogP contribution is 2.17. The summed E-state index contributed by atoms with van der Waals surface area (Å²) >= 11 is 0. The number of esters is 1. The van der Waals surface area contributed by atoms with Crippen LogP contribution in [0, 0.1) is 0 Å². The molecule has 0 radical (unpaired) electrons. The van der Waals surface area contributed by atoms with E-state index >= 15 is 0 Å². The predicted octanol–water partition coefficient (Wildman–Crippen LogP) is 0.576. The van der Waals surface area contributed by atoms with Crippen LogP contribution in [-0.2, 0) is 31.2 Å². The van der Waals surface area contributed by atoms with Gasteiger partial charge in [-0.1, -0.05) is 6.92 Å². The maximum atomic E-state index is 11.8. The van der Waals surface area contributed by atoms with E-state index < -0.39 is 5.97 Å². The summed E-state index contributed by atoms with van der Waals surface area (Å²) in [6.45, 7) is 4.58. The lowest BCUT2D eigenvalue weighted by molar-refractivity contribution is 0.0521. The second kappa shape index (κ2) is 6.38. The molecule has 8 nitrogen and oxygen atoms in total. The fourth-order valence-corrected chi connectivity index (χ4v) is 2.09. The Bertz CT molecular complexity index is 631. The molecule has 0 fully saturated rings. The Hall–Kier alpha value is -2.38. The number of aromatic nitrogens is 5. The van der Waals surface area contributed by atoms with Gasteiger partial charge in [0.05, 0.1) is 6.61 Å². The number of anilines is 1. The first-order chi connectivity index (χ1) is 10.1. The summed E-state index contributed by atoms with van der Waals surface area (Å²) < 4.78 is 8.44. The number of hydrogen-bond acceptors (Lipinski definition) is 6. The highest BCUT2D eigenvalue weighted by Gasteiger charge is 2.20. The number of ether oxygens (including phenoxy) is 1. The van der Waals surface area contributed by atoms with Crippen LogP contribution in [0.2, 0.25) is 0 Å². The highest BCUT2D eigenvalue weighted by atomic mass is 16.5. The number of imidazole rings is 1. The summed E-state index contributed by atoms with van der Waals surface area (Å²) in [5.74, 6) is 1.33. The van der Waals surface area contributed by atoms with E-state index in [-0.39, 0.29) is 5.69 Å². The van der Waals surface area contributed by atoms with Gasteiger partial charge in [0, 0.05) is 26.4 Å². The van der Waals surface area contributed by atoms with Gasteiger partial charge in [0.15, 0.2) is 11.5 Å². The smallest absolute Gasteiger partial charge is 0.360 e. The molecule has 2 N–H and O–H groups in total. The molecule has 0 aliphatic heterocycles. The van der Waals surface area contributed by atoms with Crippen molar-refractivity contribution in [2.45, 2.75) is 33.2 Å². The van der Waals surface area contributed by atoms with Crippen molar-refractivity contribution in [2.24, 2.45) is 7.05 Å². The number of nitrogens with zero attached hydrogens (tertiary/aromatic N) is 5. The molecule has 2 heterocycles. The van der Waals surface area contributed by atoms with Crippen molar-refractivity contribution >= 4 is 11.8 Å². The predicted molar refractivity (Wildman–Crippen MR) is 76.7 cm³/mol. The lowest BCUT2D eigenvalue weighted by Gasteiger charge is -2.07. The van der Waals surface area contributed by atoms with E-state index in [0.717, 1.165) is 11.6 Å². The summed E-state index contributed by atoms with van der Waals surface area (Å²) in [5, 5.41) is 4.22. The third-order valence-electron chi connectivity index (χ3n) is 3.08. The molecule has 21 heavy (non-hydrogen) atoms. The molecular weight excluding hydrogens is 272 g/mol. The topological polar surface area (TPSA) is 101 Å². The fourth-order valence-electron chi connectivity index (χ4n) is 2.09. The number of rotatable bonds is 6. The molecule has 0 saturated carbocycles. The van der Waals surface area contributed by atoms with Crippen molar-refractivity contribution in [3.05, 3.63) is 23.7 Å². The Labute approximate surface area is 122 Å². The Morgan fingerprint density at radius 3 is 2.76 bits per heavy atom. The summed E-state index contributed by atoms with van der Waals surface area (Å²) in [7, 11) is 1.82. The Morgan fingerprint density at radius 2 is 2.19 bits per heavy atom. The largest absolute Gasteiger partial charge is 0.461 e. The SMILES string of the molecule is CCOC(=O)c1nc(CC)n(CCc2ncn(C)n2)c1N. The van der Waals surface area contributed by atoms with Crippen LogP contribution in [0.3, 0.4) is 0 Å². The minimum absolute atomic E-state index is 0.183. The van der Waals surface area contributed by atoms with Crippen molar-refractivity contribution in [3.8, 4) is 0 Å². The van der Waals surface area contributed by atoms with Crippen LogP contribution >= 0.6 is 0 Å². The molecule has 0 atom stereocenters. The molecular formula is C13H20N6O2. The third-order valence-corrected chi connectivity index (χ3v) is 3.08. The van der Waals surface area contributed by atoms with Crippen LogP contribution < -0.4 is 5.73 Å². The molecule has 0 aliphatic carbocycles. The number of nitrogen functional groups attached to an aromatic ring is 1. The first kappa shape index (κ1) is 15.0. The van der Waals surface area contributed by atoms with E-state index in [9.17, 15) is 4.79 Å². The summed E-state index contributed by atoms with van der Waals surface area (Å²) in [4.78, 5) is 20.3. The average Bonchev–Trinajstić information content (AvgIpc) is 3.00. The van der Waals surface area contributed by atoms with Crippen LogP contribution in [0.5, 0.6) is 0 Å². The number of hydrogen-bond donors (Lipinski definition) is 1. The van der Waals surface area contributed by atoms with Gasteiger partial charge in [-0.05, 0) is 6.92 Å². The van der Waals surface area contributed by atoms with Gasteiger partial charge in [0.1, 0.15) is 18.0 Å². The number of nitrogens with two attached hydrogens (primary N) is 1. The van der Waals surface area contributed by atoms with Crippen molar-refractivity contribution < 1.29 is 9.53 Å². The molecule has 2 aromatic heterocycles. The molecule has 8 heteroatoms. The Morgan fingerprint density at radius 1 is 1.43 bits per heavy atom. The minimum Gasteiger partial charge on any atom is -0.461 e. The van der Waals surface area contributed by atoms with Crippen LogP contribution in [0.15, 0.2) is 6.33 Å². The normalized spacial score (nSPS) is 10.8. The summed E-state index contributed by atoms with van der Waals surface area (Å²) in [6, 6.07) is 0. The number of carbonyl (C=O) groups is 1. The van der Waals surface area contributed by atoms with Crippen molar-refractivity contribution in [1.29, 1.82) is 0 Å². The molecule has 0 bridgehead atoms. The highest BCUT2D eigenvalue weighted by molar-refractivity contribution is 5.92. The first-order valence-corrected chi connectivity index (χ1v) is 6.93. The molecule has 2 aromatic rings. The first-order valence-electron chi connectivity index (χ1n) is 6.93. The van der Waals surface area contributed by atoms with E-state index in [4.69, 9.17) is 10.5 Å². The summed E-state index contributed by atoms with van der Waals surface area (Å²) in [6.07, 6.45) is 2.95. The van der Waals surface area contributed by atoms with Crippen LogP contribution in [0.1, 0.15) is 36.0 Å². The van der Waals surface area contributed by atoms with Gasteiger partial charge >= 0.3 is 5.97 Å². The molecule has 2 rings (SSSR count). The van der Waals surface area contributed by atoms with E-state index in [1.54, 1.807) is 17.9 Å². The van der Waals surface area contributed by atoms with E-state index in [2.05, 4.69) is 15.1 Å². The van der Waals surface area contributed by atoms with Gasteiger partial charge in [0.25, 0.3) is 0 Å². The molecule has 0 spiro atoms. The molecule has 0 amide bonds. The minimum atomic E-state index is -0.487. The molecule has 0 aromatic carbocycles. The van der Waals surface area contributed by atoms with E-state index in [1.807, 2.05) is 18.5 Å². The van der Waals surface area contributed by atoms with Crippen LogP contribution in [-0.4, -0.2) is 36.9 Å². The van der Waals surface area contributed by atoms with Gasteiger partial charge in [-0.3, -0.25) is 4.68 Å². The molecule has 0 aliphatic rings. The van der Waals surface area contributed by atoms with Crippen LogP contribution in [0.25, 0.3) is 0 Å². The van der Waals surface area contributed by atoms with E-state index in [0.29, 0.717) is 31.8 Å². The lowest BCUT2D eigenvalue weighted by Crippen LogP contribution is -2.12. The Kier molecular flexibility index (Phi) is 4.56. The van der Waals surface area contributed by atoms with Crippen molar-refractivity contribution in [2.75, 3.05) is 12.3 Å². The van der Waals surface area contributed by atoms with E-state index in [1.165, 1.54) is 0 Å². The van der Waals surface area contributed by atoms with Gasteiger partial charge in [-0.2, -0.15) is 5.10 Å². The zero-order valence-electron chi connectivity index (χ0n) is 12.5. The second-order valence-corrected chi connectivity index (χ2v) is 4.57. The fraction of sp³-hybridized carbons (Fsp3) is 0.538. The Balaban J connectivity index is 2.19. The maximum absolute atomic E-state index is 11.8. The van der Waals surface area contributed by atoms with Gasteiger partial charge < -0.3 is 15.0 Å². The standard InChI is InChI=1S/C13H20N6O2/c1-4-10-16-11(13(20)21-5-2)12(14)19(10)7-6-9-15-8-18(3)17-9/h8H,4-7,14H2,1-3H3. The van der Waals surface area contributed by atoms with Gasteiger partial charge in [-0.15, -0.1) is 0 Å². The van der Waals surface area contributed by atoms with Gasteiger partial charge in [-0.25, -0.2) is 14.8 Å². The van der Waals surface area contributed by atoms with Gasteiger partial charge in [0.2, 0.25) is 0 Å². The zero-order valence-corrected chi connectivity index (χ0v) is 12.5. The monoisotopic (exact) mass is 292 g/mol. The number of aryl methyl sites for hydroxylation is 3. The summed E-state index contributed by atoms with van der Waals surface area (Å²) in [5.41, 5.74) is 6.22. The molecule has 114 valence electrons. The zero-order chi connectivity index (χ0) is 15.4.